The number of nitrogens with zero attached hydrogens (tertiary/aromatic N) is 2. The molecule has 1 aromatic heterocycles. The molecule has 32 heavy (non-hydrogen) atoms. The number of carboxylic acid groups (broad SMARTS) is 1. The molecule has 5 saturated carbocycles. The molecule has 0 spiro atoms. The summed E-state index contributed by atoms with van der Waals surface area (Å²) in [6, 6.07) is 4.20. The van der Waals surface area contributed by atoms with Gasteiger partial charge in [-0.2, -0.15) is 0 Å². The van der Waals surface area contributed by atoms with Gasteiger partial charge in [-0.15, -0.1) is 11.8 Å². The first kappa shape index (κ1) is 20.6. The lowest BCUT2D eigenvalue weighted by molar-refractivity contribution is -0.0120. The maximum Gasteiger partial charge on any atom is 0.506 e. The van der Waals surface area contributed by atoms with E-state index in [9.17, 15) is 9.59 Å². The minimum absolute atomic E-state index is 0.0247. The number of piperidine rings is 1. The van der Waals surface area contributed by atoms with E-state index in [-0.39, 0.29) is 23.8 Å². The van der Waals surface area contributed by atoms with E-state index in [2.05, 4.69) is 17.1 Å². The molecule has 5 aliphatic carbocycles. The van der Waals surface area contributed by atoms with Crippen molar-refractivity contribution in [2.24, 2.45) is 35.5 Å². The Labute approximate surface area is 192 Å². The van der Waals surface area contributed by atoms with Crippen LogP contribution in [0.15, 0.2) is 17.2 Å². The van der Waals surface area contributed by atoms with E-state index >= 15 is 0 Å². The van der Waals surface area contributed by atoms with Crippen molar-refractivity contribution in [3.8, 4) is 0 Å². The van der Waals surface area contributed by atoms with Crippen molar-refractivity contribution in [2.75, 3.05) is 23.7 Å². The monoisotopic (exact) mass is 457 g/mol. The van der Waals surface area contributed by atoms with E-state index in [0.717, 1.165) is 41.5 Å². The molecule has 0 aromatic carbocycles. The number of aromatic nitrogens is 1. The molecule has 8 heteroatoms. The van der Waals surface area contributed by atoms with Crippen LogP contribution in [0.3, 0.4) is 0 Å². The van der Waals surface area contributed by atoms with E-state index in [0.29, 0.717) is 23.4 Å². The normalized spacial score (nSPS) is 38.5. The van der Waals surface area contributed by atoms with Gasteiger partial charge in [-0.1, -0.05) is 6.92 Å². The van der Waals surface area contributed by atoms with Crippen molar-refractivity contribution < 1.29 is 19.4 Å². The second-order valence-corrected chi connectivity index (χ2v) is 11.7. The third-order valence-corrected chi connectivity index (χ3v) is 9.45. The van der Waals surface area contributed by atoms with Gasteiger partial charge >= 0.3 is 6.16 Å². The third-order valence-electron chi connectivity index (χ3n) is 8.57. The van der Waals surface area contributed by atoms with Crippen molar-refractivity contribution in [3.05, 3.63) is 17.7 Å². The van der Waals surface area contributed by atoms with Crippen LogP contribution in [0.1, 0.15) is 49.4 Å². The summed E-state index contributed by atoms with van der Waals surface area (Å²) in [6.07, 6.45) is 5.21. The largest absolute Gasteiger partial charge is 0.506 e. The van der Waals surface area contributed by atoms with Crippen molar-refractivity contribution in [2.45, 2.75) is 56.2 Å². The second kappa shape index (κ2) is 7.82. The Morgan fingerprint density at radius 2 is 1.78 bits per heavy atom. The Kier molecular flexibility index (Phi) is 5.04. The number of anilines is 1. The minimum Gasteiger partial charge on any atom is -0.450 e. The molecule has 1 unspecified atom stereocenters. The molecule has 1 amide bonds. The zero-order valence-electron chi connectivity index (χ0n) is 18.4. The number of carbonyl (C=O) groups excluding carboxylic acids is 1. The molecule has 7 rings (SSSR count). The van der Waals surface area contributed by atoms with Gasteiger partial charge in [0.25, 0.3) is 5.91 Å². The van der Waals surface area contributed by atoms with Crippen LogP contribution in [-0.4, -0.2) is 53.1 Å². The van der Waals surface area contributed by atoms with E-state index in [1.54, 1.807) is 11.8 Å². The van der Waals surface area contributed by atoms with Gasteiger partial charge in [0.15, 0.2) is 0 Å². The van der Waals surface area contributed by atoms with E-state index in [1.165, 1.54) is 32.1 Å². The van der Waals surface area contributed by atoms with Gasteiger partial charge in [-0.25, -0.2) is 9.78 Å². The van der Waals surface area contributed by atoms with Crippen LogP contribution in [-0.2, 0) is 4.74 Å². The molecule has 0 radical (unpaired) electrons. The molecule has 6 aliphatic rings. The predicted octanol–water partition coefficient (Wildman–Crippen LogP) is 3.88. The zero-order chi connectivity index (χ0) is 22.0. The molecular formula is C24H31N3O4S. The highest BCUT2D eigenvalue weighted by Crippen LogP contribution is 2.54. The van der Waals surface area contributed by atoms with Gasteiger partial charge in [0.05, 0.1) is 5.56 Å². The fourth-order valence-corrected chi connectivity index (χ4v) is 8.11. The summed E-state index contributed by atoms with van der Waals surface area (Å²) in [4.78, 5) is 31.2. The van der Waals surface area contributed by atoms with Gasteiger partial charge in [0, 0.05) is 31.0 Å². The van der Waals surface area contributed by atoms with Crippen LogP contribution in [0.4, 0.5) is 10.6 Å². The van der Waals surface area contributed by atoms with Crippen molar-refractivity contribution in [1.82, 2.24) is 10.3 Å². The predicted molar refractivity (Wildman–Crippen MR) is 121 cm³/mol. The highest BCUT2D eigenvalue weighted by Gasteiger charge is 2.59. The lowest BCUT2D eigenvalue weighted by atomic mass is 9.54. The number of thioether (sulfide) groups is 1. The number of hydrogen-bond acceptors (Lipinski definition) is 6. The standard InChI is InChI=1S/C24H31N3O4S/c1-2-32-23-16(22(28)26-20-14-6-12-5-13(8-14)9-15(20)7-12)3-4-19(25-23)27-10-17-18(11-27)21(17)31-24(29)30/h3-4,12-15,17-18,20-21H,2,5-11H2,1H3,(H,26,28)(H,29,30)/t12?,13?,14?,15?,17-,18+,20?,21?. The number of hydrogen-bond donors (Lipinski definition) is 2. The summed E-state index contributed by atoms with van der Waals surface area (Å²) >= 11 is 1.61. The number of pyridine rings is 1. The molecule has 1 aliphatic heterocycles. The minimum atomic E-state index is -1.19. The molecule has 6 fully saturated rings. The maximum absolute atomic E-state index is 13.3. The second-order valence-electron chi connectivity index (χ2n) is 10.5. The quantitative estimate of drug-likeness (QED) is 0.495. The maximum atomic E-state index is 13.3. The van der Waals surface area contributed by atoms with Gasteiger partial charge in [-0.3, -0.25) is 4.79 Å². The lowest BCUT2D eigenvalue weighted by Crippen LogP contribution is -2.55. The Balaban J connectivity index is 1.15. The molecule has 4 bridgehead atoms. The van der Waals surface area contributed by atoms with Crippen LogP contribution in [0, 0.1) is 35.5 Å². The average molecular weight is 458 g/mol. The number of rotatable bonds is 6. The summed E-state index contributed by atoms with van der Waals surface area (Å²) < 4.78 is 4.95. The van der Waals surface area contributed by atoms with Crippen LogP contribution in [0.25, 0.3) is 0 Å². The van der Waals surface area contributed by atoms with E-state index in [1.807, 2.05) is 12.1 Å². The Bertz CT molecular complexity index is 900. The van der Waals surface area contributed by atoms with Crippen molar-refractivity contribution >= 4 is 29.6 Å². The molecule has 172 valence electrons. The number of ether oxygens (including phenoxy) is 1. The molecular weight excluding hydrogens is 426 g/mol. The molecule has 2 heterocycles. The van der Waals surface area contributed by atoms with Gasteiger partial charge < -0.3 is 20.1 Å². The first-order valence-electron chi connectivity index (χ1n) is 12.1. The fraction of sp³-hybridized carbons (Fsp3) is 0.708. The Morgan fingerprint density at radius 3 is 2.38 bits per heavy atom. The summed E-state index contributed by atoms with van der Waals surface area (Å²) in [5, 5.41) is 13.1. The lowest BCUT2D eigenvalue weighted by Gasteiger charge is -2.54. The van der Waals surface area contributed by atoms with Crippen molar-refractivity contribution in [1.29, 1.82) is 0 Å². The summed E-state index contributed by atoms with van der Waals surface area (Å²) in [7, 11) is 0. The van der Waals surface area contributed by atoms with Gasteiger partial charge in [0.1, 0.15) is 16.9 Å². The van der Waals surface area contributed by atoms with Crippen LogP contribution in [0.5, 0.6) is 0 Å². The van der Waals surface area contributed by atoms with Crippen LogP contribution in [0.2, 0.25) is 0 Å². The number of nitrogens with one attached hydrogen (secondary N) is 1. The molecule has 1 aromatic rings. The smallest absolute Gasteiger partial charge is 0.450 e. The van der Waals surface area contributed by atoms with E-state index in [4.69, 9.17) is 14.8 Å². The summed E-state index contributed by atoms with van der Waals surface area (Å²) in [5.74, 6) is 5.36. The average Bonchev–Trinajstić information content (AvgIpc) is 3.17. The fourth-order valence-electron chi connectivity index (χ4n) is 7.37. The van der Waals surface area contributed by atoms with E-state index < -0.39 is 6.16 Å². The highest BCUT2D eigenvalue weighted by atomic mass is 32.2. The zero-order valence-corrected chi connectivity index (χ0v) is 19.2. The molecule has 7 nitrogen and oxygen atoms in total. The summed E-state index contributed by atoms with van der Waals surface area (Å²) in [5.41, 5.74) is 0.686. The third kappa shape index (κ3) is 3.55. The molecule has 3 atom stereocenters. The number of fused-ring (bicyclic) bond motifs is 1. The Morgan fingerprint density at radius 1 is 1.12 bits per heavy atom. The SMILES string of the molecule is CCSc1nc(N2C[C@@H]3C(OC(=O)O)[C@@H]3C2)ccc1C(=O)NC1C2CC3CC(C2)CC1C3. The van der Waals surface area contributed by atoms with Crippen LogP contribution >= 0.6 is 11.8 Å². The topological polar surface area (TPSA) is 91.8 Å². The van der Waals surface area contributed by atoms with Crippen molar-refractivity contribution in [3.63, 3.8) is 0 Å². The highest BCUT2D eigenvalue weighted by molar-refractivity contribution is 7.99. The molecule has 2 N–H and O–H groups in total. The van der Waals surface area contributed by atoms with Gasteiger partial charge in [0.2, 0.25) is 0 Å². The number of carbonyl (C=O) groups is 2. The summed E-state index contributed by atoms with van der Waals surface area (Å²) in [6.45, 7) is 3.59. The molecule has 1 saturated heterocycles. The first-order chi connectivity index (χ1) is 15.5. The first-order valence-corrected chi connectivity index (χ1v) is 13.1. The Hall–Kier alpha value is -1.96. The van der Waals surface area contributed by atoms with Crippen LogP contribution < -0.4 is 10.2 Å². The van der Waals surface area contributed by atoms with Gasteiger partial charge in [-0.05, 0) is 73.7 Å². The number of amides is 1.